The summed E-state index contributed by atoms with van der Waals surface area (Å²) in [5.41, 5.74) is 0.184. The summed E-state index contributed by atoms with van der Waals surface area (Å²) in [6, 6.07) is 4.71. The van der Waals surface area contributed by atoms with E-state index < -0.39 is 30.7 Å². The summed E-state index contributed by atoms with van der Waals surface area (Å²) in [7, 11) is 0. The molecule has 1 aromatic carbocycles. The van der Waals surface area contributed by atoms with Crippen LogP contribution in [0.3, 0.4) is 0 Å². The van der Waals surface area contributed by atoms with Crippen LogP contribution < -0.4 is 9.64 Å². The van der Waals surface area contributed by atoms with Gasteiger partial charge in [-0.3, -0.25) is 9.69 Å². The van der Waals surface area contributed by atoms with Gasteiger partial charge < -0.3 is 35.0 Å². The molecule has 11 nitrogen and oxygen atoms in total. The average molecular weight is 650 g/mol. The number of aliphatic hydroxyl groups is 4. The fraction of sp³-hybridized carbons (Fsp3) is 0.656. The summed E-state index contributed by atoms with van der Waals surface area (Å²) in [6.07, 6.45) is 5.61. The van der Waals surface area contributed by atoms with Gasteiger partial charge >= 0.3 is 0 Å². The lowest BCUT2D eigenvalue weighted by atomic mass is 9.76. The molecular formula is C32H45ClFN5O6. The van der Waals surface area contributed by atoms with Crippen molar-refractivity contribution < 1.29 is 34.3 Å². The molecule has 5 rings (SSSR count). The van der Waals surface area contributed by atoms with Crippen molar-refractivity contribution in [3.63, 3.8) is 0 Å². The van der Waals surface area contributed by atoms with Crippen LogP contribution in [-0.4, -0.2) is 122 Å². The zero-order valence-corrected chi connectivity index (χ0v) is 26.4. The second-order valence-corrected chi connectivity index (χ2v) is 13.1. The topological polar surface area (TPSA) is 143 Å². The quantitative estimate of drug-likeness (QED) is 0.238. The minimum absolute atomic E-state index is 0.0213. The SMILES string of the molecule is O=C(Cc1ccc(OCCCC2CCN(c3ncc(Cl)cn3)CC2)cc1F)N1CCC2(CC1)CCN2C[C@H](O)[C@H](O)[C@H](O)CO. The molecule has 3 fully saturated rings. The number of likely N-dealkylation sites (tertiary alicyclic amines) is 2. The fourth-order valence-electron chi connectivity index (χ4n) is 6.80. The van der Waals surface area contributed by atoms with E-state index in [2.05, 4.69) is 19.8 Å². The lowest BCUT2D eigenvalue weighted by Crippen LogP contribution is -2.66. The molecule has 45 heavy (non-hydrogen) atoms. The Bertz CT molecular complexity index is 1260. The molecule has 248 valence electrons. The highest BCUT2D eigenvalue weighted by Crippen LogP contribution is 2.40. The number of aliphatic hydroxyl groups excluding tert-OH is 4. The highest BCUT2D eigenvalue weighted by molar-refractivity contribution is 6.30. The van der Waals surface area contributed by atoms with Gasteiger partial charge in [0, 0.05) is 50.9 Å². The monoisotopic (exact) mass is 649 g/mol. The number of hydrogen-bond acceptors (Lipinski definition) is 10. The minimum atomic E-state index is -1.42. The molecule has 13 heteroatoms. The highest BCUT2D eigenvalue weighted by Gasteiger charge is 2.48. The number of carbonyl (C=O) groups excluding carboxylic acids is 1. The molecule has 1 amide bonds. The van der Waals surface area contributed by atoms with Gasteiger partial charge in [0.05, 0.1) is 43.2 Å². The number of rotatable bonds is 13. The van der Waals surface area contributed by atoms with E-state index in [0.29, 0.717) is 47.9 Å². The van der Waals surface area contributed by atoms with Crippen LogP contribution in [0.2, 0.25) is 5.02 Å². The molecule has 1 aromatic heterocycles. The molecule has 0 aliphatic carbocycles. The third-order valence-corrected chi connectivity index (χ3v) is 10.0. The zero-order chi connectivity index (χ0) is 32.0. The van der Waals surface area contributed by atoms with E-state index in [1.54, 1.807) is 29.4 Å². The Kier molecular flexibility index (Phi) is 11.5. The lowest BCUT2D eigenvalue weighted by molar-refractivity contribution is -0.140. The van der Waals surface area contributed by atoms with Crippen LogP contribution in [0.4, 0.5) is 10.3 Å². The van der Waals surface area contributed by atoms with Gasteiger partial charge in [0.1, 0.15) is 23.8 Å². The van der Waals surface area contributed by atoms with Crippen molar-refractivity contribution in [2.24, 2.45) is 5.92 Å². The summed E-state index contributed by atoms with van der Waals surface area (Å²) in [5.74, 6) is 1.20. The summed E-state index contributed by atoms with van der Waals surface area (Å²) < 4.78 is 20.8. The largest absolute Gasteiger partial charge is 0.493 e. The highest BCUT2D eigenvalue weighted by atomic mass is 35.5. The maximum absolute atomic E-state index is 14.9. The number of ether oxygens (including phenoxy) is 1. The van der Waals surface area contributed by atoms with Crippen LogP contribution in [0, 0.1) is 11.7 Å². The molecule has 0 saturated carbocycles. The number of piperidine rings is 2. The van der Waals surface area contributed by atoms with Gasteiger partial charge in [-0.2, -0.15) is 0 Å². The van der Waals surface area contributed by atoms with Crippen molar-refractivity contribution in [2.75, 3.05) is 57.4 Å². The number of benzene rings is 1. The normalized spacial score (nSPS) is 20.9. The van der Waals surface area contributed by atoms with Crippen LogP contribution in [0.1, 0.15) is 50.5 Å². The molecule has 4 N–H and O–H groups in total. The predicted molar refractivity (Wildman–Crippen MR) is 167 cm³/mol. The second kappa shape index (κ2) is 15.3. The van der Waals surface area contributed by atoms with E-state index in [9.17, 15) is 24.5 Å². The molecule has 3 aliphatic heterocycles. The van der Waals surface area contributed by atoms with Crippen molar-refractivity contribution in [1.29, 1.82) is 0 Å². The molecule has 3 aliphatic rings. The molecule has 0 bridgehead atoms. The van der Waals surface area contributed by atoms with E-state index >= 15 is 0 Å². The van der Waals surface area contributed by atoms with Gasteiger partial charge in [0.2, 0.25) is 11.9 Å². The number of nitrogens with zero attached hydrogens (tertiary/aromatic N) is 5. The third kappa shape index (κ3) is 8.41. The Balaban J connectivity index is 0.998. The maximum atomic E-state index is 14.9. The van der Waals surface area contributed by atoms with Crippen LogP contribution in [-0.2, 0) is 11.2 Å². The Hall–Kier alpha value is -2.61. The molecule has 0 radical (unpaired) electrons. The van der Waals surface area contributed by atoms with E-state index in [4.69, 9.17) is 21.4 Å². The first-order valence-electron chi connectivity index (χ1n) is 16.0. The first kappa shape index (κ1) is 33.7. The molecule has 3 saturated heterocycles. The minimum Gasteiger partial charge on any atom is -0.493 e. The van der Waals surface area contributed by atoms with Crippen molar-refractivity contribution in [2.45, 2.75) is 75.2 Å². The Labute approximate surface area is 268 Å². The van der Waals surface area contributed by atoms with E-state index in [1.165, 1.54) is 6.07 Å². The molecular weight excluding hydrogens is 605 g/mol. The van der Waals surface area contributed by atoms with Crippen LogP contribution >= 0.6 is 11.6 Å². The van der Waals surface area contributed by atoms with E-state index in [1.807, 2.05) is 0 Å². The molecule has 4 heterocycles. The Morgan fingerprint density at radius 2 is 1.73 bits per heavy atom. The molecule has 2 aromatic rings. The average Bonchev–Trinajstić information content (AvgIpc) is 3.06. The van der Waals surface area contributed by atoms with Crippen LogP contribution in [0.5, 0.6) is 5.75 Å². The number of halogens is 2. The van der Waals surface area contributed by atoms with Crippen molar-refractivity contribution in [3.05, 3.63) is 47.0 Å². The van der Waals surface area contributed by atoms with E-state index in [0.717, 1.165) is 64.6 Å². The van der Waals surface area contributed by atoms with Gasteiger partial charge in [-0.05, 0) is 62.5 Å². The first-order valence-corrected chi connectivity index (χ1v) is 16.4. The summed E-state index contributed by atoms with van der Waals surface area (Å²) in [6.45, 7) is 3.70. The number of aromatic nitrogens is 2. The fourth-order valence-corrected chi connectivity index (χ4v) is 6.89. The number of β-amino-alcohol motifs (C(OH)–C–C–N with tert-alkyl or cyclic N) is 1. The number of anilines is 1. The number of amides is 1. The zero-order valence-electron chi connectivity index (χ0n) is 25.6. The smallest absolute Gasteiger partial charge is 0.227 e. The van der Waals surface area contributed by atoms with Gasteiger partial charge in [0.15, 0.2) is 0 Å². The van der Waals surface area contributed by atoms with Gasteiger partial charge in [-0.1, -0.05) is 17.7 Å². The Morgan fingerprint density at radius 1 is 1.04 bits per heavy atom. The predicted octanol–water partition coefficient (Wildman–Crippen LogP) is 2.03. The third-order valence-electron chi connectivity index (χ3n) is 9.84. The number of hydrogen-bond donors (Lipinski definition) is 4. The summed E-state index contributed by atoms with van der Waals surface area (Å²) in [5, 5.41) is 39.5. The second-order valence-electron chi connectivity index (χ2n) is 12.7. The standard InChI is InChI=1S/C32H45ClFN5O6/c33-24-18-35-31(36-19-24)38-10-5-22(6-11-38)2-1-15-45-25-4-3-23(26(34)17-25)16-29(43)37-12-7-32(8-13-37)9-14-39(32)20-27(41)30(44)28(42)21-40/h3-4,17-19,22,27-28,30,40-42,44H,1-2,5-16,20-21H2/t27-,28+,30-/m0/s1. The van der Waals surface area contributed by atoms with Crippen molar-refractivity contribution in [1.82, 2.24) is 19.8 Å². The summed E-state index contributed by atoms with van der Waals surface area (Å²) in [4.78, 5) is 27.7. The van der Waals surface area contributed by atoms with Gasteiger partial charge in [-0.15, -0.1) is 0 Å². The molecule has 3 atom stereocenters. The van der Waals surface area contributed by atoms with Crippen molar-refractivity contribution >= 4 is 23.5 Å². The van der Waals surface area contributed by atoms with Crippen molar-refractivity contribution in [3.8, 4) is 5.75 Å². The first-order chi connectivity index (χ1) is 21.7. The van der Waals surface area contributed by atoms with Gasteiger partial charge in [0.25, 0.3) is 0 Å². The summed E-state index contributed by atoms with van der Waals surface area (Å²) >= 11 is 5.89. The molecule has 1 spiro atoms. The van der Waals surface area contributed by atoms with Gasteiger partial charge in [-0.25, -0.2) is 14.4 Å². The maximum Gasteiger partial charge on any atom is 0.227 e. The molecule has 0 unspecified atom stereocenters. The van der Waals surface area contributed by atoms with Crippen LogP contribution in [0.15, 0.2) is 30.6 Å². The Morgan fingerprint density at radius 3 is 2.36 bits per heavy atom. The number of carbonyl (C=O) groups is 1. The lowest BCUT2D eigenvalue weighted by Gasteiger charge is -2.57. The van der Waals surface area contributed by atoms with E-state index in [-0.39, 0.29) is 24.4 Å². The van der Waals surface area contributed by atoms with Crippen LogP contribution in [0.25, 0.3) is 0 Å².